The molecule has 0 saturated carbocycles. The molecule has 1 nitrogen and oxygen atoms in total. The summed E-state index contributed by atoms with van der Waals surface area (Å²) in [6, 6.07) is 0. The Morgan fingerprint density at radius 1 is 1.21 bits per heavy atom. The van der Waals surface area contributed by atoms with E-state index in [9.17, 15) is 0 Å². The highest BCUT2D eigenvalue weighted by molar-refractivity contribution is 6.59. The molecule has 1 aliphatic heterocycles. The molecule has 0 radical (unpaired) electrons. The van der Waals surface area contributed by atoms with Gasteiger partial charge in [0.25, 0.3) is 0 Å². The molecule has 0 aromatic rings. The van der Waals surface area contributed by atoms with Crippen LogP contribution in [0.4, 0.5) is 0 Å². The van der Waals surface area contributed by atoms with Crippen molar-refractivity contribution >= 4 is 6.85 Å². The summed E-state index contributed by atoms with van der Waals surface area (Å²) in [5, 5.41) is 4.41. The smallest absolute Gasteiger partial charge is 0.227 e. The molecule has 1 rings (SSSR count). The minimum absolute atomic E-state index is 0.279. The predicted octanol–water partition coefficient (Wildman–Crippen LogP) is 5.24. The molecule has 0 aromatic heterocycles. The van der Waals surface area contributed by atoms with Crippen molar-refractivity contribution in [1.82, 2.24) is 5.23 Å². The van der Waals surface area contributed by atoms with E-state index in [1.807, 2.05) is 0 Å². The molecule has 3 atom stereocenters. The van der Waals surface area contributed by atoms with Crippen molar-refractivity contribution in [2.75, 3.05) is 0 Å². The third-order valence-electron chi connectivity index (χ3n) is 5.83. The van der Waals surface area contributed by atoms with Gasteiger partial charge < -0.3 is 5.23 Å². The third-order valence-corrected chi connectivity index (χ3v) is 5.83. The molecule has 2 heteroatoms. The molecule has 0 bridgehead atoms. The predicted molar refractivity (Wildman–Crippen MR) is 88.8 cm³/mol. The van der Waals surface area contributed by atoms with Gasteiger partial charge in [-0.15, -0.1) is 0 Å². The lowest BCUT2D eigenvalue weighted by Crippen LogP contribution is -2.52. The fourth-order valence-corrected chi connectivity index (χ4v) is 4.41. The monoisotopic (exact) mass is 265 g/mol. The van der Waals surface area contributed by atoms with Crippen molar-refractivity contribution in [2.24, 2.45) is 17.8 Å². The number of nitrogens with one attached hydrogen (secondary N) is 1. The first-order valence-electron chi connectivity index (χ1n) is 8.44. The van der Waals surface area contributed by atoms with E-state index >= 15 is 0 Å². The molecular formula is C17H36BN. The Hall–Kier alpha value is 0.0249. The van der Waals surface area contributed by atoms with Gasteiger partial charge in [0.15, 0.2) is 0 Å². The van der Waals surface area contributed by atoms with Gasteiger partial charge in [-0.3, -0.25) is 0 Å². The first-order chi connectivity index (χ1) is 8.66. The fraction of sp³-hybridized carbons (Fsp3) is 1.00. The lowest BCUT2D eigenvalue weighted by Gasteiger charge is -2.41. The van der Waals surface area contributed by atoms with Gasteiger partial charge in [0.05, 0.1) is 0 Å². The van der Waals surface area contributed by atoms with Crippen LogP contribution < -0.4 is 5.23 Å². The van der Waals surface area contributed by atoms with Crippen LogP contribution in [0.2, 0.25) is 11.6 Å². The molecule has 19 heavy (non-hydrogen) atoms. The topological polar surface area (TPSA) is 12.0 Å². The Morgan fingerprint density at radius 3 is 2.21 bits per heavy atom. The molecule has 3 unspecified atom stereocenters. The third kappa shape index (κ3) is 3.77. The summed E-state index contributed by atoms with van der Waals surface area (Å²) in [7, 11) is 0. The van der Waals surface area contributed by atoms with E-state index in [1.165, 1.54) is 25.6 Å². The zero-order chi connectivity index (χ0) is 14.8. The molecule has 1 heterocycles. The van der Waals surface area contributed by atoms with Crippen LogP contribution in [0.3, 0.4) is 0 Å². The number of rotatable bonds is 4. The van der Waals surface area contributed by atoms with Crippen LogP contribution in [0.15, 0.2) is 0 Å². The van der Waals surface area contributed by atoms with Crippen molar-refractivity contribution in [3.05, 3.63) is 0 Å². The van der Waals surface area contributed by atoms with E-state index in [4.69, 9.17) is 0 Å². The Bertz CT molecular complexity index is 287. The summed E-state index contributed by atoms with van der Waals surface area (Å²) in [5.41, 5.74) is 0.279. The second kappa shape index (κ2) is 6.20. The Kier molecular flexibility index (Phi) is 5.57. The van der Waals surface area contributed by atoms with Crippen LogP contribution in [-0.4, -0.2) is 12.4 Å². The SMILES string of the molecule is CCB1NC(C)(C)CC(CC(C)C)C(C)C1(C)CC. The molecule has 0 spiro atoms. The largest absolute Gasteiger partial charge is 0.351 e. The Balaban J connectivity index is 3.09. The second-order valence-electron chi connectivity index (χ2n) is 8.23. The summed E-state index contributed by atoms with van der Waals surface area (Å²) >= 11 is 0. The molecular weight excluding hydrogens is 229 g/mol. The molecule has 0 aromatic carbocycles. The van der Waals surface area contributed by atoms with Crippen LogP contribution in [0.5, 0.6) is 0 Å². The summed E-state index contributed by atoms with van der Waals surface area (Å²) in [4.78, 5) is 0. The summed E-state index contributed by atoms with van der Waals surface area (Å²) in [6.45, 7) is 20.0. The highest BCUT2D eigenvalue weighted by Crippen LogP contribution is 2.51. The van der Waals surface area contributed by atoms with E-state index in [0.29, 0.717) is 12.2 Å². The number of hydrogen-bond donors (Lipinski definition) is 1. The first kappa shape index (κ1) is 17.1. The lowest BCUT2D eigenvalue weighted by atomic mass is 9.36. The van der Waals surface area contributed by atoms with E-state index in [-0.39, 0.29) is 5.54 Å². The molecule has 112 valence electrons. The second-order valence-corrected chi connectivity index (χ2v) is 8.23. The van der Waals surface area contributed by atoms with Crippen LogP contribution in [-0.2, 0) is 0 Å². The van der Waals surface area contributed by atoms with E-state index < -0.39 is 0 Å². The summed E-state index contributed by atoms with van der Waals surface area (Å²) < 4.78 is 0. The van der Waals surface area contributed by atoms with Crippen molar-refractivity contribution in [3.8, 4) is 0 Å². The molecule has 0 amide bonds. The van der Waals surface area contributed by atoms with E-state index in [0.717, 1.165) is 17.8 Å². The molecule has 1 N–H and O–H groups in total. The van der Waals surface area contributed by atoms with Gasteiger partial charge in [-0.25, -0.2) is 0 Å². The minimum Gasteiger partial charge on any atom is -0.351 e. The summed E-state index contributed by atoms with van der Waals surface area (Å²) in [5.74, 6) is 2.46. The van der Waals surface area contributed by atoms with Crippen molar-refractivity contribution in [2.45, 2.75) is 91.8 Å². The normalized spacial score (nSPS) is 35.5. The highest BCUT2D eigenvalue weighted by Gasteiger charge is 2.48. The van der Waals surface area contributed by atoms with Gasteiger partial charge in [-0.1, -0.05) is 54.3 Å². The van der Waals surface area contributed by atoms with Crippen LogP contribution in [0, 0.1) is 17.8 Å². The van der Waals surface area contributed by atoms with Gasteiger partial charge in [-0.2, -0.15) is 0 Å². The maximum absolute atomic E-state index is 3.98. The zero-order valence-corrected chi connectivity index (χ0v) is 14.6. The maximum atomic E-state index is 3.98. The maximum Gasteiger partial charge on any atom is 0.227 e. The average Bonchev–Trinajstić information content (AvgIpc) is 2.38. The zero-order valence-electron chi connectivity index (χ0n) is 14.6. The van der Waals surface area contributed by atoms with E-state index in [2.05, 4.69) is 60.6 Å². The molecule has 1 saturated heterocycles. The fourth-order valence-electron chi connectivity index (χ4n) is 4.41. The molecule has 0 aliphatic carbocycles. The van der Waals surface area contributed by atoms with Gasteiger partial charge in [0, 0.05) is 5.54 Å². The van der Waals surface area contributed by atoms with Crippen LogP contribution in [0.1, 0.15) is 74.7 Å². The summed E-state index contributed by atoms with van der Waals surface area (Å²) in [6.07, 6.45) is 5.22. The van der Waals surface area contributed by atoms with Crippen LogP contribution in [0.25, 0.3) is 0 Å². The highest BCUT2D eigenvalue weighted by atomic mass is 14.9. The quantitative estimate of drug-likeness (QED) is 0.685. The Morgan fingerprint density at radius 2 is 1.79 bits per heavy atom. The van der Waals surface area contributed by atoms with Gasteiger partial charge in [0.2, 0.25) is 6.85 Å². The van der Waals surface area contributed by atoms with Crippen LogP contribution >= 0.6 is 0 Å². The van der Waals surface area contributed by atoms with Crippen molar-refractivity contribution < 1.29 is 0 Å². The van der Waals surface area contributed by atoms with Gasteiger partial charge in [-0.05, 0) is 49.8 Å². The first-order valence-corrected chi connectivity index (χ1v) is 8.44. The number of hydrogen-bond acceptors (Lipinski definition) is 1. The average molecular weight is 265 g/mol. The molecule has 1 aliphatic rings. The Labute approximate surface area is 122 Å². The molecule has 1 fully saturated rings. The standard InChI is InChI=1S/C17H36BN/c1-9-17(8)14(5)15(11-13(3)4)12-16(6,7)19-18(17)10-2/h13-15,19H,9-12H2,1-8H3. The van der Waals surface area contributed by atoms with E-state index in [1.54, 1.807) is 0 Å². The van der Waals surface area contributed by atoms with Gasteiger partial charge >= 0.3 is 0 Å². The minimum atomic E-state index is 0.279. The van der Waals surface area contributed by atoms with Crippen molar-refractivity contribution in [3.63, 3.8) is 0 Å². The lowest BCUT2D eigenvalue weighted by molar-refractivity contribution is 0.202. The van der Waals surface area contributed by atoms with Gasteiger partial charge in [0.1, 0.15) is 0 Å². The van der Waals surface area contributed by atoms with Crippen molar-refractivity contribution in [1.29, 1.82) is 0 Å².